The van der Waals surface area contributed by atoms with Gasteiger partial charge in [0.2, 0.25) is 0 Å². The van der Waals surface area contributed by atoms with Gasteiger partial charge in [-0.05, 0) is 88.2 Å². The third-order valence-corrected chi connectivity index (χ3v) is 11.3. The van der Waals surface area contributed by atoms with Gasteiger partial charge in [-0.2, -0.15) is 0 Å². The van der Waals surface area contributed by atoms with Crippen molar-refractivity contribution < 1.29 is 48.3 Å². The van der Waals surface area contributed by atoms with E-state index >= 15 is 0 Å². The molecule has 0 amide bonds. The van der Waals surface area contributed by atoms with E-state index in [1.807, 2.05) is 60.7 Å². The number of hydrogen-bond acceptors (Lipinski definition) is 10. The van der Waals surface area contributed by atoms with Crippen molar-refractivity contribution in [2.45, 2.75) is 232 Å². The van der Waals surface area contributed by atoms with E-state index < -0.39 is 11.9 Å². The van der Waals surface area contributed by atoms with Gasteiger partial charge in [0.1, 0.15) is 25.4 Å². The normalized spacial score (nSPS) is 11.7. The Morgan fingerprint density at radius 3 is 0.985 bits per heavy atom. The van der Waals surface area contributed by atoms with Crippen molar-refractivity contribution in [2.75, 3.05) is 13.2 Å². The number of hydrogen-bond donors (Lipinski definition) is 0. The molecule has 2 rings (SSSR count). The molecule has 0 aliphatic rings. The fourth-order valence-corrected chi connectivity index (χ4v) is 7.62. The van der Waals surface area contributed by atoms with E-state index in [1.54, 1.807) is 0 Å². The van der Waals surface area contributed by atoms with Gasteiger partial charge >= 0.3 is 60.8 Å². The number of ether oxygens (including phenoxy) is 4. The van der Waals surface area contributed by atoms with Crippen LogP contribution < -0.4 is 10.2 Å². The number of benzene rings is 2. The number of esters is 2. The van der Waals surface area contributed by atoms with Gasteiger partial charge in [0, 0.05) is 11.9 Å². The van der Waals surface area contributed by atoms with Crippen LogP contribution in [-0.2, 0) is 51.3 Å². The Bertz CT molecular complexity index is 1290. The van der Waals surface area contributed by atoms with Crippen molar-refractivity contribution in [3.8, 4) is 0 Å². The van der Waals surface area contributed by atoms with Crippen LogP contribution in [0.25, 0.3) is 0 Å². The van der Waals surface area contributed by atoms with E-state index in [1.165, 1.54) is 64.2 Å². The second-order valence-corrected chi connectivity index (χ2v) is 17.4. The molecule has 10 nitrogen and oxygen atoms in total. The van der Waals surface area contributed by atoms with Gasteiger partial charge in [-0.3, -0.25) is 0 Å². The summed E-state index contributed by atoms with van der Waals surface area (Å²) in [6.45, 7) is 5.22. The zero-order chi connectivity index (χ0) is 46.6. The summed E-state index contributed by atoms with van der Waals surface area (Å²) < 4.78 is 22.5. The summed E-state index contributed by atoms with van der Waals surface area (Å²) in [4.78, 5) is 45.2. The third-order valence-electron chi connectivity index (χ3n) is 11.3. The number of carbonyl (C=O) groups excluding carboxylic acids is 4. The molecule has 2 unspecified atom stereocenters. The number of carbonyl (C=O) groups is 4. The van der Waals surface area contributed by atoms with Crippen LogP contribution >= 0.6 is 0 Å². The van der Waals surface area contributed by atoms with Crippen LogP contribution in [0.5, 0.6) is 0 Å². The van der Waals surface area contributed by atoms with E-state index in [4.69, 9.17) is 18.9 Å². The summed E-state index contributed by atoms with van der Waals surface area (Å²) in [5.74, 6) is -2.41. The topological polar surface area (TPSA) is 151 Å². The van der Waals surface area contributed by atoms with Crippen LogP contribution in [0.3, 0.4) is 0 Å². The molecule has 0 bridgehead atoms. The van der Waals surface area contributed by atoms with Crippen molar-refractivity contribution in [2.24, 2.45) is 0 Å². The number of unbranched alkanes of at least 4 members (excludes halogenated alkanes) is 20. The number of aliphatic carboxylic acids is 2. The van der Waals surface area contributed by atoms with Gasteiger partial charge in [-0.25, -0.2) is 9.59 Å². The Labute approximate surface area is 434 Å². The Kier molecular flexibility index (Phi) is 45.3. The van der Waals surface area contributed by atoms with Crippen LogP contribution in [0.4, 0.5) is 0 Å². The first-order chi connectivity index (χ1) is 31.2. The molecule has 0 aliphatic heterocycles. The standard InChI is InChI=1S/2C27H44O5.Ba/c2*1-2-3-12-19-25(32-27(30)23-31-22-24-17-13-11-14-18-24)20-15-9-7-5-4-6-8-10-16-21-26(28)29;/h2*11,13-14,17-18,25H,2-10,12,15-16,19-23H2,1H3,(H,28,29);/q;;+2/p-2. The fraction of sp³-hybridized carbons (Fsp3) is 0.704. The minimum atomic E-state index is -0.941. The monoisotopic (exact) mass is 1030 g/mol. The predicted molar refractivity (Wildman–Crippen MR) is 258 cm³/mol. The van der Waals surface area contributed by atoms with Gasteiger partial charge < -0.3 is 38.7 Å². The van der Waals surface area contributed by atoms with Gasteiger partial charge in [0.05, 0.1) is 13.2 Å². The first kappa shape index (κ1) is 62.8. The molecule has 0 N–H and O–H groups in total. The Morgan fingerprint density at radius 1 is 0.415 bits per heavy atom. The second-order valence-electron chi connectivity index (χ2n) is 17.4. The molecule has 0 aliphatic carbocycles. The predicted octanol–water partition coefficient (Wildman–Crippen LogP) is 11.1. The van der Waals surface area contributed by atoms with E-state index in [0.29, 0.717) is 13.2 Å². The second kappa shape index (κ2) is 46.9. The molecule has 364 valence electrons. The number of carboxylic acids is 2. The third kappa shape index (κ3) is 42.9. The van der Waals surface area contributed by atoms with Crippen molar-refractivity contribution in [3.05, 3.63) is 71.8 Å². The molecule has 0 heterocycles. The minimum Gasteiger partial charge on any atom is -0.550 e. The van der Waals surface area contributed by atoms with Crippen molar-refractivity contribution in [3.63, 3.8) is 0 Å². The Balaban J connectivity index is 0.00000124. The number of rotatable bonds is 42. The van der Waals surface area contributed by atoms with E-state index in [2.05, 4.69) is 13.8 Å². The summed E-state index contributed by atoms with van der Waals surface area (Å²) in [5, 5.41) is 20.7. The molecule has 0 radical (unpaired) electrons. The minimum absolute atomic E-state index is 0. The van der Waals surface area contributed by atoms with Gasteiger partial charge in [-0.1, -0.05) is 190 Å². The van der Waals surface area contributed by atoms with Crippen molar-refractivity contribution in [1.29, 1.82) is 0 Å². The Hall–Kier alpha value is -2.19. The first-order valence-electron chi connectivity index (χ1n) is 25.2. The van der Waals surface area contributed by atoms with Crippen LogP contribution in [0.2, 0.25) is 0 Å². The molecule has 0 fully saturated rings. The Morgan fingerprint density at radius 2 is 0.692 bits per heavy atom. The van der Waals surface area contributed by atoms with Gasteiger partial charge in [0.25, 0.3) is 0 Å². The molecule has 2 atom stereocenters. The zero-order valence-corrected chi connectivity index (χ0v) is 45.2. The molecular formula is C54H86BaO10. The van der Waals surface area contributed by atoms with E-state index in [-0.39, 0.29) is 99.1 Å². The molecule has 65 heavy (non-hydrogen) atoms. The van der Waals surface area contributed by atoms with Crippen LogP contribution in [0, 0.1) is 0 Å². The molecule has 2 aromatic rings. The maximum atomic E-state index is 12.2. The number of carboxylic acid groups (broad SMARTS) is 2. The van der Waals surface area contributed by atoms with Gasteiger partial charge in [0.15, 0.2) is 0 Å². The molecule has 0 saturated carbocycles. The largest absolute Gasteiger partial charge is 2.00 e. The maximum Gasteiger partial charge on any atom is 2.00 e. The van der Waals surface area contributed by atoms with Crippen molar-refractivity contribution in [1.82, 2.24) is 0 Å². The summed E-state index contributed by atoms with van der Waals surface area (Å²) in [7, 11) is 0. The van der Waals surface area contributed by atoms with Gasteiger partial charge in [-0.15, -0.1) is 0 Å². The van der Waals surface area contributed by atoms with Crippen LogP contribution in [-0.4, -0.2) is 98.2 Å². The van der Waals surface area contributed by atoms with Crippen LogP contribution in [0.1, 0.15) is 218 Å². The molecule has 11 heteroatoms. The van der Waals surface area contributed by atoms with Crippen LogP contribution in [0.15, 0.2) is 60.7 Å². The smallest absolute Gasteiger partial charge is 0.550 e. The summed E-state index contributed by atoms with van der Waals surface area (Å²) in [5.41, 5.74) is 2.11. The molecule has 0 spiro atoms. The zero-order valence-electron chi connectivity index (χ0n) is 40.8. The summed E-state index contributed by atoms with van der Waals surface area (Å²) in [6.07, 6.45) is 30.7. The average Bonchev–Trinajstić information content (AvgIpc) is 3.28. The fourth-order valence-electron chi connectivity index (χ4n) is 7.62. The SMILES string of the molecule is CCCCCC(CCCCCCCCCCCC(=O)[O-])OC(=O)COCc1ccccc1.CCCCCC(CCCCCCCCCCCC(=O)[O-])OC(=O)COCc1ccccc1.[Ba+2]. The average molecular weight is 1030 g/mol. The molecule has 0 aromatic heterocycles. The summed E-state index contributed by atoms with van der Waals surface area (Å²) in [6, 6.07) is 19.7. The maximum absolute atomic E-state index is 12.2. The van der Waals surface area contributed by atoms with Crippen molar-refractivity contribution >= 4 is 72.8 Å². The summed E-state index contributed by atoms with van der Waals surface area (Å²) >= 11 is 0. The van der Waals surface area contributed by atoms with E-state index in [0.717, 1.165) is 127 Å². The molecular weight excluding hydrogens is 946 g/mol. The molecule has 2 aromatic carbocycles. The quantitative estimate of drug-likeness (QED) is 0.0357. The first-order valence-corrected chi connectivity index (χ1v) is 25.2. The van der Waals surface area contributed by atoms with E-state index in [9.17, 15) is 29.4 Å². The molecule has 0 saturated heterocycles.